The summed E-state index contributed by atoms with van der Waals surface area (Å²) in [6, 6.07) is 14.0. The number of hydrogen-bond donors (Lipinski definition) is 3. The lowest BCUT2D eigenvalue weighted by molar-refractivity contribution is -0.114. The molecule has 33 heavy (non-hydrogen) atoms. The number of carbonyl (C=O) groups excluding carboxylic acids is 2. The van der Waals surface area contributed by atoms with Crippen LogP contribution in [0.4, 0.5) is 15.6 Å². The average Bonchev–Trinajstić information content (AvgIpc) is 3.12. The molecule has 0 spiro atoms. The summed E-state index contributed by atoms with van der Waals surface area (Å²) < 4.78 is 23.4. The monoisotopic (exact) mass is 504 g/mol. The molecule has 8 nitrogen and oxygen atoms in total. The Kier molecular flexibility index (Phi) is 7.90. The van der Waals surface area contributed by atoms with Gasteiger partial charge >= 0.3 is 0 Å². The highest BCUT2D eigenvalue weighted by Crippen LogP contribution is 2.28. The van der Waals surface area contributed by atoms with Crippen molar-refractivity contribution in [3.63, 3.8) is 0 Å². The second-order valence-corrected chi connectivity index (χ2v) is 11.0. The first-order chi connectivity index (χ1) is 15.5. The van der Waals surface area contributed by atoms with E-state index in [0.29, 0.717) is 30.1 Å². The first kappa shape index (κ1) is 24.9. The number of nitrogens with two attached hydrogens (primary N) is 1. The van der Waals surface area contributed by atoms with Gasteiger partial charge in [-0.2, -0.15) is 0 Å². The summed E-state index contributed by atoms with van der Waals surface area (Å²) in [5, 5.41) is 3.68. The van der Waals surface area contributed by atoms with E-state index in [2.05, 4.69) is 22.9 Å². The summed E-state index contributed by atoms with van der Waals surface area (Å²) >= 11 is 5.12. The Balaban J connectivity index is 1.77. The molecule has 11 heteroatoms. The molecular weight excluding hydrogens is 480 g/mol. The minimum Gasteiger partial charge on any atom is -0.302 e. The minimum absolute atomic E-state index is 0.194. The second kappa shape index (κ2) is 10.5. The maximum atomic E-state index is 11.7. The third-order valence-corrected chi connectivity index (χ3v) is 7.21. The van der Waals surface area contributed by atoms with Gasteiger partial charge in [0.2, 0.25) is 5.91 Å². The molecule has 0 aliphatic heterocycles. The van der Waals surface area contributed by atoms with E-state index in [1.54, 1.807) is 36.4 Å². The standard InChI is InChI=1S/C22H24N4O4S3/c1-14(27)24-21-25-19(12-7-15-3-8-17(9-4-15)26(23)22(28)31)20(32-21)13-16-5-10-18(11-6-16)33(2,29)30/h3-6,8-11H,7,12-13,23H2,1-2H3,(H,28,31)(H,24,25,27). The molecule has 2 aromatic carbocycles. The molecule has 1 heterocycles. The van der Waals surface area contributed by atoms with Crippen LogP contribution in [-0.4, -0.2) is 30.8 Å². The number of aromatic nitrogens is 1. The number of thiazole rings is 1. The zero-order chi connectivity index (χ0) is 24.2. The Bertz CT molecular complexity index is 1250. The molecule has 0 bridgehead atoms. The zero-order valence-corrected chi connectivity index (χ0v) is 20.6. The van der Waals surface area contributed by atoms with Crippen LogP contribution in [0.1, 0.15) is 28.6 Å². The van der Waals surface area contributed by atoms with Crippen molar-refractivity contribution in [3.05, 3.63) is 70.2 Å². The quantitative estimate of drug-likeness (QED) is 0.186. The lowest BCUT2D eigenvalue weighted by atomic mass is 10.0. The van der Waals surface area contributed by atoms with E-state index in [-0.39, 0.29) is 10.8 Å². The number of hydrazine groups is 1. The Morgan fingerprint density at radius 1 is 1.06 bits per heavy atom. The van der Waals surface area contributed by atoms with E-state index in [4.69, 9.17) is 5.84 Å². The first-order valence-corrected chi connectivity index (χ1v) is 13.1. The van der Waals surface area contributed by atoms with Crippen LogP contribution in [0.3, 0.4) is 0 Å². The van der Waals surface area contributed by atoms with Crippen molar-refractivity contribution >= 4 is 55.8 Å². The predicted molar refractivity (Wildman–Crippen MR) is 134 cm³/mol. The topological polar surface area (TPSA) is 122 Å². The Hall–Kier alpha value is -2.73. The summed E-state index contributed by atoms with van der Waals surface area (Å²) in [6.07, 6.45) is 3.09. The van der Waals surface area contributed by atoms with Crippen LogP contribution in [0.5, 0.6) is 0 Å². The van der Waals surface area contributed by atoms with Gasteiger partial charge in [-0.05, 0) is 48.2 Å². The van der Waals surface area contributed by atoms with Gasteiger partial charge in [-0.3, -0.25) is 9.59 Å². The molecule has 3 aromatic rings. The third-order valence-electron chi connectivity index (χ3n) is 4.85. The van der Waals surface area contributed by atoms with Crippen LogP contribution < -0.4 is 16.2 Å². The van der Waals surface area contributed by atoms with Crippen LogP contribution in [0.25, 0.3) is 0 Å². The van der Waals surface area contributed by atoms with E-state index >= 15 is 0 Å². The van der Waals surface area contributed by atoms with Gasteiger partial charge in [0.15, 0.2) is 15.0 Å². The molecular formula is C22H24N4O4S3. The van der Waals surface area contributed by atoms with Gasteiger partial charge in [0.05, 0.1) is 16.3 Å². The van der Waals surface area contributed by atoms with Crippen LogP contribution in [0.2, 0.25) is 0 Å². The third kappa shape index (κ3) is 6.87. The molecule has 0 unspecified atom stereocenters. The maximum absolute atomic E-state index is 11.7. The second-order valence-electron chi connectivity index (χ2n) is 7.48. The summed E-state index contributed by atoms with van der Waals surface area (Å²) in [6.45, 7) is 1.43. The van der Waals surface area contributed by atoms with E-state index in [1.807, 2.05) is 12.1 Å². The molecule has 2 amide bonds. The lowest BCUT2D eigenvalue weighted by Gasteiger charge is -2.13. The first-order valence-electron chi connectivity index (χ1n) is 9.95. The number of rotatable bonds is 8. The van der Waals surface area contributed by atoms with Gasteiger partial charge in [-0.1, -0.05) is 36.9 Å². The Morgan fingerprint density at radius 2 is 1.67 bits per heavy atom. The number of benzene rings is 2. The number of nitrogens with zero attached hydrogens (tertiary/aromatic N) is 2. The Morgan fingerprint density at radius 3 is 2.21 bits per heavy atom. The number of thiol groups is 1. The molecule has 3 rings (SSSR count). The van der Waals surface area contributed by atoms with Crippen LogP contribution in [0.15, 0.2) is 53.4 Å². The van der Waals surface area contributed by atoms with E-state index in [1.165, 1.54) is 24.5 Å². The van der Waals surface area contributed by atoms with Gasteiger partial charge in [0.25, 0.3) is 5.24 Å². The van der Waals surface area contributed by atoms with Gasteiger partial charge in [0, 0.05) is 24.5 Å². The molecule has 1 aromatic heterocycles. The van der Waals surface area contributed by atoms with Crippen LogP contribution >= 0.6 is 24.0 Å². The van der Waals surface area contributed by atoms with E-state index in [9.17, 15) is 18.0 Å². The van der Waals surface area contributed by atoms with Gasteiger partial charge in [0.1, 0.15) is 0 Å². The number of amides is 2. The molecule has 0 saturated heterocycles. The van der Waals surface area contributed by atoms with Gasteiger partial charge in [-0.25, -0.2) is 24.3 Å². The molecule has 0 aliphatic carbocycles. The average molecular weight is 505 g/mol. The highest BCUT2D eigenvalue weighted by molar-refractivity contribution is 7.96. The lowest BCUT2D eigenvalue weighted by Crippen LogP contribution is -2.33. The SMILES string of the molecule is CC(=O)Nc1nc(CCc2ccc(N(N)C(=O)S)cc2)c(Cc2ccc(S(C)(=O)=O)cc2)s1. The zero-order valence-electron chi connectivity index (χ0n) is 18.1. The smallest absolute Gasteiger partial charge is 0.297 e. The summed E-state index contributed by atoms with van der Waals surface area (Å²) in [7, 11) is -3.25. The minimum atomic E-state index is -3.25. The normalized spacial score (nSPS) is 11.3. The highest BCUT2D eigenvalue weighted by Gasteiger charge is 2.14. The van der Waals surface area contributed by atoms with Gasteiger partial charge < -0.3 is 5.32 Å². The number of hydrogen-bond acceptors (Lipinski definition) is 7. The van der Waals surface area contributed by atoms with Crippen molar-refractivity contribution in [1.82, 2.24) is 4.98 Å². The summed E-state index contributed by atoms with van der Waals surface area (Å²) in [5.41, 5.74) is 3.39. The summed E-state index contributed by atoms with van der Waals surface area (Å²) in [5.74, 6) is 5.46. The van der Waals surface area contributed by atoms with Gasteiger partial charge in [-0.15, -0.1) is 11.3 Å². The molecule has 0 atom stereocenters. The van der Waals surface area contributed by atoms with Crippen molar-refractivity contribution in [3.8, 4) is 0 Å². The van der Waals surface area contributed by atoms with E-state index < -0.39 is 15.1 Å². The molecule has 3 N–H and O–H groups in total. The van der Waals surface area contributed by atoms with Crippen LogP contribution in [0, 0.1) is 0 Å². The maximum Gasteiger partial charge on any atom is 0.297 e. The van der Waals surface area contributed by atoms with E-state index in [0.717, 1.165) is 26.7 Å². The number of sulfone groups is 1. The predicted octanol–water partition coefficient (Wildman–Crippen LogP) is 3.61. The molecule has 0 fully saturated rings. The van der Waals surface area contributed by atoms with Crippen molar-refractivity contribution in [1.29, 1.82) is 0 Å². The molecule has 0 aliphatic rings. The fourth-order valence-corrected chi connectivity index (χ4v) is 4.99. The van der Waals surface area contributed by atoms with Crippen molar-refractivity contribution in [2.45, 2.75) is 31.1 Å². The fourth-order valence-electron chi connectivity index (χ4n) is 3.16. The molecule has 0 radical (unpaired) electrons. The Labute approximate surface area is 202 Å². The number of nitrogens with one attached hydrogen (secondary N) is 1. The molecule has 0 saturated carbocycles. The highest BCUT2D eigenvalue weighted by atomic mass is 32.2. The number of aryl methyl sites for hydroxylation is 2. The fraction of sp³-hybridized carbons (Fsp3) is 0.227. The molecule has 174 valence electrons. The number of anilines is 2. The largest absolute Gasteiger partial charge is 0.302 e. The van der Waals surface area contributed by atoms with Crippen LogP contribution in [-0.2, 0) is 33.9 Å². The van der Waals surface area contributed by atoms with Crippen molar-refractivity contribution < 1.29 is 18.0 Å². The number of carbonyl (C=O) groups is 2. The van der Waals surface area contributed by atoms with Crippen molar-refractivity contribution in [2.24, 2.45) is 5.84 Å². The summed E-state index contributed by atoms with van der Waals surface area (Å²) in [4.78, 5) is 28.6. The van der Waals surface area contributed by atoms with Crippen molar-refractivity contribution in [2.75, 3.05) is 16.6 Å².